The number of thiazole rings is 1. The summed E-state index contributed by atoms with van der Waals surface area (Å²) >= 11 is 2.12. The van der Waals surface area contributed by atoms with Crippen molar-refractivity contribution < 1.29 is 6.51 Å². The molecule has 0 N–H and O–H groups in total. The zero-order valence-electron chi connectivity index (χ0n) is 10.7. The monoisotopic (exact) mass is 319 g/mol. The number of hydrogen-bond donors (Lipinski definition) is 0. The van der Waals surface area contributed by atoms with E-state index in [9.17, 15) is 0 Å². The Labute approximate surface area is 110 Å². The molecular formula is C17H13FeNS. The number of nitrogens with zero attached hydrogens (tertiary/aromatic N) is 1. The summed E-state index contributed by atoms with van der Waals surface area (Å²) in [5.41, 5.74) is 1.31. The Kier molecular flexibility index (Phi) is 0.245. The van der Waals surface area contributed by atoms with Crippen LogP contribution >= 0.6 is 11.3 Å². The van der Waals surface area contributed by atoms with Crippen LogP contribution in [0.1, 0.15) is 5.01 Å². The summed E-state index contributed by atoms with van der Waals surface area (Å²) in [5.74, 6) is 0. The third kappa shape index (κ3) is 0.0863. The van der Waals surface area contributed by atoms with Crippen molar-refractivity contribution in [3.8, 4) is 0 Å². The van der Waals surface area contributed by atoms with Gasteiger partial charge >= 0.3 is 110 Å². The fourth-order valence-corrected chi connectivity index (χ4v) is 94.5. The molecule has 10 fully saturated rings. The summed E-state index contributed by atoms with van der Waals surface area (Å²) in [7, 11) is 0. The van der Waals surface area contributed by atoms with Crippen molar-refractivity contribution in [2.24, 2.45) is 0 Å². The molecule has 1 spiro atoms. The maximum atomic E-state index is 5.26. The molecule has 2 aromatic rings. The van der Waals surface area contributed by atoms with E-state index in [2.05, 4.69) is 35.6 Å². The molecule has 10 aliphatic rings. The van der Waals surface area contributed by atoms with E-state index in [0.717, 1.165) is 4.31 Å². The Hall–Kier alpha value is -0.371. The summed E-state index contributed by atoms with van der Waals surface area (Å²) in [4.78, 5) is 17.9. The van der Waals surface area contributed by atoms with Crippen LogP contribution < -0.4 is 0 Å². The molecular weight excluding hydrogens is 306 g/mol. The molecule has 1 nitrogen and oxygen atoms in total. The first kappa shape index (κ1) is 7.26. The van der Waals surface area contributed by atoms with E-state index in [1.165, 1.54) is 53.6 Å². The Morgan fingerprint density at radius 3 is 2.05 bits per heavy atom. The van der Waals surface area contributed by atoms with E-state index in [4.69, 9.17) is 4.98 Å². The molecule has 4 atom stereocenters. The zero-order valence-corrected chi connectivity index (χ0v) is 12.6. The Morgan fingerprint density at radius 1 is 0.900 bits per heavy atom. The van der Waals surface area contributed by atoms with E-state index in [1.54, 1.807) is 5.01 Å². The van der Waals surface area contributed by atoms with Crippen molar-refractivity contribution in [1.82, 2.24) is 4.98 Å². The standard InChI is InChI=1S/C12H8NS.C5H5.Fe/c1-2-6-9(5-1)12-13-10-7-3-4-8-11(10)14-12;1-2-4-5-3-1;/h1-8H;1-5H;. The number of benzene rings is 1. The molecule has 0 aliphatic carbocycles. The van der Waals surface area contributed by atoms with Crippen LogP contribution in [0.5, 0.6) is 0 Å². The minimum atomic E-state index is -2.95. The van der Waals surface area contributed by atoms with Crippen LogP contribution in [0.3, 0.4) is 0 Å². The van der Waals surface area contributed by atoms with Crippen molar-refractivity contribution in [3.63, 3.8) is 0 Å². The maximum absolute atomic E-state index is 5.26. The summed E-state index contributed by atoms with van der Waals surface area (Å²) in [6.45, 7) is -2.95. The van der Waals surface area contributed by atoms with Crippen molar-refractivity contribution in [1.29, 1.82) is 0 Å². The van der Waals surface area contributed by atoms with Gasteiger partial charge in [-0.2, -0.15) is 0 Å². The number of aromatic nitrogens is 1. The van der Waals surface area contributed by atoms with Gasteiger partial charge in [-0.3, -0.25) is 0 Å². The van der Waals surface area contributed by atoms with Crippen molar-refractivity contribution in [3.05, 3.63) is 29.3 Å². The van der Waals surface area contributed by atoms with E-state index >= 15 is 0 Å². The van der Waals surface area contributed by atoms with Crippen LogP contribution in [-0.2, 0) is 10.8 Å². The van der Waals surface area contributed by atoms with Gasteiger partial charge in [-0.1, -0.05) is 0 Å². The van der Waals surface area contributed by atoms with Gasteiger partial charge in [-0.25, -0.2) is 0 Å². The van der Waals surface area contributed by atoms with Crippen LogP contribution in [0.25, 0.3) is 10.2 Å². The molecule has 10 aliphatic heterocycles. The van der Waals surface area contributed by atoms with Crippen molar-refractivity contribution in [2.75, 3.05) is 0 Å². The van der Waals surface area contributed by atoms with Crippen molar-refractivity contribution >= 4 is 21.6 Å². The molecule has 12 rings (SSSR count). The molecule has 0 amide bonds. The molecule has 20 heavy (non-hydrogen) atoms. The fourth-order valence-electron chi connectivity index (χ4n) is 17.8. The third-order valence-electron chi connectivity index (χ3n) is 16.3. The van der Waals surface area contributed by atoms with E-state index in [-0.39, 0.29) is 0 Å². The van der Waals surface area contributed by atoms with Crippen LogP contribution in [0.4, 0.5) is 0 Å². The zero-order chi connectivity index (χ0) is 12.0. The summed E-state index contributed by atoms with van der Waals surface area (Å²) < 4.78 is 2.33. The molecule has 3 heteroatoms. The Bertz CT molecular complexity index is 1280. The first-order valence-corrected chi connectivity index (χ1v) is 15.3. The Morgan fingerprint density at radius 2 is 1.55 bits per heavy atom. The normalized spacial score (nSPS) is 103. The molecule has 11 heterocycles. The minimum absolute atomic E-state index is 0.864. The number of para-hydroxylation sites is 1. The molecule has 0 saturated carbocycles. The van der Waals surface area contributed by atoms with Gasteiger partial charge in [0.1, 0.15) is 0 Å². The van der Waals surface area contributed by atoms with Gasteiger partial charge < -0.3 is 0 Å². The topological polar surface area (TPSA) is 12.9 Å². The summed E-state index contributed by atoms with van der Waals surface area (Å²) in [5, 5.41) is 1.70. The number of rotatable bonds is 1. The van der Waals surface area contributed by atoms with Gasteiger partial charge in [0.15, 0.2) is 0 Å². The fraction of sp³-hybridized carbons (Fsp3) is 0.588. The van der Waals surface area contributed by atoms with Gasteiger partial charge in [0.2, 0.25) is 0 Å². The molecule has 10 saturated heterocycles. The number of fused-ring (bicyclic) bond motifs is 11. The van der Waals surface area contributed by atoms with Gasteiger partial charge in [0.05, 0.1) is 0 Å². The molecule has 1 aromatic carbocycles. The first-order chi connectivity index (χ1) is 9.62. The molecule has 0 bridgehead atoms. The van der Waals surface area contributed by atoms with Crippen LogP contribution in [0, 0.1) is 0 Å². The second-order valence-electron chi connectivity index (χ2n) is 11.7. The SMILES string of the molecule is c1ccc2sc([C]34[CH]5[CH]6[CH]7[CH]3[Fe]6754389%10[CH]4[CH]3[CH]8[CH]9[CH]4%10)nc2c1. The van der Waals surface area contributed by atoms with Crippen LogP contribution in [0.15, 0.2) is 24.3 Å². The summed E-state index contributed by atoms with van der Waals surface area (Å²) in [6.07, 6.45) is 0. The van der Waals surface area contributed by atoms with Gasteiger partial charge in [0.25, 0.3) is 0 Å². The molecule has 4 unspecified atom stereocenters. The van der Waals surface area contributed by atoms with Crippen LogP contribution in [-0.4, -0.2) is 4.98 Å². The average Bonchev–Trinajstić information content (AvgIpc) is 3.40. The molecule has 100 valence electrons. The first-order valence-electron chi connectivity index (χ1n) is 8.19. The van der Waals surface area contributed by atoms with Gasteiger partial charge in [0, 0.05) is 0 Å². The van der Waals surface area contributed by atoms with Gasteiger partial charge in [-0.05, 0) is 0 Å². The predicted octanol–water partition coefficient (Wildman–Crippen LogP) is 5.09. The second-order valence-corrected chi connectivity index (χ2v) is 36.3. The predicted molar refractivity (Wildman–Crippen MR) is 75.0 cm³/mol. The molecule has 1 aromatic heterocycles. The summed E-state index contributed by atoms with van der Waals surface area (Å²) in [6, 6.07) is 8.93. The number of hydrogen-bond acceptors (Lipinski definition) is 2. The quantitative estimate of drug-likeness (QED) is 0.667. The third-order valence-corrected chi connectivity index (χ3v) is 60.0. The Balaban J connectivity index is 1.46. The van der Waals surface area contributed by atoms with E-state index < -0.39 is 6.51 Å². The van der Waals surface area contributed by atoms with Gasteiger partial charge in [-0.15, -0.1) is 0 Å². The average molecular weight is 319 g/mol. The second kappa shape index (κ2) is 0.675. The molecule has 0 radical (unpaired) electrons. The van der Waals surface area contributed by atoms with E-state index in [0.29, 0.717) is 0 Å². The van der Waals surface area contributed by atoms with Crippen molar-refractivity contribution in [2.45, 2.75) is 47.7 Å². The van der Waals surface area contributed by atoms with E-state index in [1.807, 2.05) is 0 Å². The van der Waals surface area contributed by atoms with Crippen LogP contribution in [0.2, 0.25) is 43.3 Å².